The Morgan fingerprint density at radius 2 is 1.44 bits per heavy atom. The van der Waals surface area contributed by atoms with Crippen LogP contribution in [0.2, 0.25) is 10.0 Å². The van der Waals surface area contributed by atoms with Gasteiger partial charge in [-0.1, -0.05) is 47.5 Å². The third kappa shape index (κ3) is 3.22. The Balaban J connectivity index is 1.75. The fourth-order valence-electron chi connectivity index (χ4n) is 2.35. The van der Waals surface area contributed by atoms with E-state index >= 15 is 0 Å². The molecular formula is C17H12Cl2N6. The molecule has 0 aliphatic heterocycles. The minimum atomic E-state index is 0.377. The van der Waals surface area contributed by atoms with Crippen LogP contribution in [-0.2, 0) is 0 Å². The fraction of sp³-hybridized carbons (Fsp3) is 0. The number of nitrogens with zero attached hydrogens (tertiary/aromatic N) is 3. The minimum absolute atomic E-state index is 0.377. The van der Waals surface area contributed by atoms with Gasteiger partial charge in [0.25, 0.3) is 0 Å². The first-order chi connectivity index (χ1) is 12.2. The van der Waals surface area contributed by atoms with Gasteiger partial charge in [-0.15, -0.1) is 0 Å². The Bertz CT molecular complexity index is 1050. The predicted molar refractivity (Wildman–Crippen MR) is 101 cm³/mol. The van der Waals surface area contributed by atoms with Crippen molar-refractivity contribution in [3.63, 3.8) is 0 Å². The van der Waals surface area contributed by atoms with Crippen LogP contribution in [-0.4, -0.2) is 19.9 Å². The maximum absolute atomic E-state index is 6.22. The zero-order valence-electron chi connectivity index (χ0n) is 12.8. The molecule has 2 aromatic heterocycles. The average Bonchev–Trinajstić information content (AvgIpc) is 3.08. The van der Waals surface area contributed by atoms with Gasteiger partial charge in [0.15, 0.2) is 11.5 Å². The number of aromatic amines is 1. The molecule has 0 aliphatic rings. The number of hydrogen-bond acceptors (Lipinski definition) is 5. The van der Waals surface area contributed by atoms with Crippen molar-refractivity contribution in [2.45, 2.75) is 0 Å². The Morgan fingerprint density at radius 3 is 2.12 bits per heavy atom. The quantitative estimate of drug-likeness (QED) is 0.463. The molecule has 3 N–H and O–H groups in total. The second-order valence-electron chi connectivity index (χ2n) is 5.21. The molecule has 0 saturated carbocycles. The van der Waals surface area contributed by atoms with E-state index in [1.807, 2.05) is 36.4 Å². The maximum atomic E-state index is 6.22. The third-order valence-electron chi connectivity index (χ3n) is 3.53. The molecule has 4 aromatic rings. The lowest BCUT2D eigenvalue weighted by Gasteiger charge is -2.11. The van der Waals surface area contributed by atoms with Crippen LogP contribution in [0.15, 0.2) is 54.9 Å². The van der Waals surface area contributed by atoms with Crippen molar-refractivity contribution < 1.29 is 0 Å². The summed E-state index contributed by atoms with van der Waals surface area (Å²) in [7, 11) is 0. The highest BCUT2D eigenvalue weighted by Crippen LogP contribution is 2.29. The Labute approximate surface area is 153 Å². The van der Waals surface area contributed by atoms with E-state index in [1.165, 1.54) is 0 Å². The molecule has 0 atom stereocenters. The number of anilines is 4. The third-order valence-corrected chi connectivity index (χ3v) is 4.19. The van der Waals surface area contributed by atoms with Crippen LogP contribution in [0.4, 0.5) is 23.1 Å². The molecule has 0 bridgehead atoms. The number of para-hydroxylation sites is 2. The summed E-state index contributed by atoms with van der Waals surface area (Å²) < 4.78 is 0. The largest absolute Gasteiger partial charge is 0.340 e. The first kappa shape index (κ1) is 15.7. The van der Waals surface area contributed by atoms with Crippen molar-refractivity contribution in [2.24, 2.45) is 0 Å². The first-order valence-electron chi connectivity index (χ1n) is 7.45. The second kappa shape index (κ2) is 6.58. The molecule has 2 heterocycles. The zero-order chi connectivity index (χ0) is 17.2. The van der Waals surface area contributed by atoms with Crippen LogP contribution >= 0.6 is 23.2 Å². The van der Waals surface area contributed by atoms with Crippen molar-refractivity contribution in [1.82, 2.24) is 19.9 Å². The maximum Gasteiger partial charge on any atom is 0.231 e. The number of aromatic nitrogens is 4. The van der Waals surface area contributed by atoms with Gasteiger partial charge >= 0.3 is 0 Å². The highest BCUT2D eigenvalue weighted by Gasteiger charge is 2.12. The predicted octanol–water partition coefficient (Wildman–Crippen LogP) is 5.15. The second-order valence-corrected chi connectivity index (χ2v) is 6.02. The normalized spacial score (nSPS) is 10.8. The Hall–Kier alpha value is -2.83. The van der Waals surface area contributed by atoms with Gasteiger partial charge in [-0.2, -0.15) is 9.97 Å². The van der Waals surface area contributed by atoms with Crippen molar-refractivity contribution in [2.75, 3.05) is 10.6 Å². The molecule has 8 heteroatoms. The Morgan fingerprint density at radius 1 is 0.800 bits per heavy atom. The number of imidazole rings is 1. The van der Waals surface area contributed by atoms with E-state index in [4.69, 9.17) is 23.2 Å². The van der Waals surface area contributed by atoms with E-state index in [1.54, 1.807) is 18.5 Å². The molecule has 0 aliphatic carbocycles. The molecule has 25 heavy (non-hydrogen) atoms. The molecule has 0 radical (unpaired) electrons. The van der Waals surface area contributed by atoms with Gasteiger partial charge < -0.3 is 15.6 Å². The number of hydrogen-bond donors (Lipinski definition) is 3. The number of nitrogens with one attached hydrogen (secondary N) is 3. The summed E-state index contributed by atoms with van der Waals surface area (Å²) in [6, 6.07) is 14.8. The van der Waals surface area contributed by atoms with Crippen molar-refractivity contribution in [1.29, 1.82) is 0 Å². The van der Waals surface area contributed by atoms with Gasteiger partial charge in [0.05, 0.1) is 27.7 Å². The van der Waals surface area contributed by atoms with Crippen molar-refractivity contribution in [3.05, 3.63) is 64.9 Å². The van der Waals surface area contributed by atoms with E-state index < -0.39 is 0 Å². The van der Waals surface area contributed by atoms with E-state index in [0.29, 0.717) is 38.7 Å². The lowest BCUT2D eigenvalue weighted by Crippen LogP contribution is -2.02. The molecule has 6 nitrogen and oxygen atoms in total. The number of rotatable bonds is 4. The Kier molecular flexibility index (Phi) is 4.13. The molecule has 0 fully saturated rings. The average molecular weight is 371 g/mol. The summed E-state index contributed by atoms with van der Waals surface area (Å²) >= 11 is 12.4. The van der Waals surface area contributed by atoms with E-state index in [9.17, 15) is 0 Å². The van der Waals surface area contributed by atoms with Crippen molar-refractivity contribution >= 4 is 57.5 Å². The van der Waals surface area contributed by atoms with E-state index in [2.05, 4.69) is 30.6 Å². The lowest BCUT2D eigenvalue weighted by molar-refractivity contribution is 1.19. The number of fused-ring (bicyclic) bond motifs is 1. The summed E-state index contributed by atoms with van der Waals surface area (Å²) in [4.78, 5) is 16.2. The smallest absolute Gasteiger partial charge is 0.231 e. The van der Waals surface area contributed by atoms with E-state index in [0.717, 1.165) is 5.69 Å². The van der Waals surface area contributed by atoms with E-state index in [-0.39, 0.29) is 0 Å². The number of H-pyrrole nitrogens is 1. The molecular weight excluding hydrogens is 359 g/mol. The zero-order valence-corrected chi connectivity index (χ0v) is 14.3. The van der Waals surface area contributed by atoms with Crippen LogP contribution in [0.1, 0.15) is 0 Å². The van der Waals surface area contributed by atoms with Gasteiger partial charge in [0, 0.05) is 0 Å². The summed E-state index contributed by atoms with van der Waals surface area (Å²) in [6.45, 7) is 0. The standard InChI is InChI=1S/C17H12Cl2N6/c18-10-5-1-3-7-12(10)22-16-14-15(21-9-20-14)24-17(25-16)23-13-8-4-2-6-11(13)19/h1-9H,(H3,20,21,22,23,24,25). The molecule has 0 spiro atoms. The monoisotopic (exact) mass is 370 g/mol. The summed E-state index contributed by atoms with van der Waals surface area (Å²) in [6.07, 6.45) is 1.57. The highest BCUT2D eigenvalue weighted by atomic mass is 35.5. The van der Waals surface area contributed by atoms with Crippen LogP contribution in [0.3, 0.4) is 0 Å². The lowest BCUT2D eigenvalue weighted by atomic mass is 10.3. The number of halogens is 2. The number of benzene rings is 2. The molecule has 0 unspecified atom stereocenters. The van der Waals surface area contributed by atoms with Gasteiger partial charge in [0.1, 0.15) is 5.52 Å². The SMILES string of the molecule is Clc1ccccc1Nc1nc(Nc2ccccc2Cl)c2[nH]cnc2n1. The van der Waals surface area contributed by atoms with Crippen molar-refractivity contribution in [3.8, 4) is 0 Å². The fourth-order valence-corrected chi connectivity index (χ4v) is 2.72. The topological polar surface area (TPSA) is 78.5 Å². The highest BCUT2D eigenvalue weighted by molar-refractivity contribution is 6.33. The molecule has 0 saturated heterocycles. The van der Waals surface area contributed by atoms with Crippen LogP contribution < -0.4 is 10.6 Å². The van der Waals surface area contributed by atoms with Gasteiger partial charge in [-0.05, 0) is 24.3 Å². The van der Waals surface area contributed by atoms with Crippen LogP contribution in [0, 0.1) is 0 Å². The summed E-state index contributed by atoms with van der Waals surface area (Å²) in [5.74, 6) is 0.937. The van der Waals surface area contributed by atoms with Gasteiger partial charge in [0.2, 0.25) is 5.95 Å². The summed E-state index contributed by atoms with van der Waals surface area (Å²) in [5, 5.41) is 7.50. The minimum Gasteiger partial charge on any atom is -0.340 e. The van der Waals surface area contributed by atoms with Crippen LogP contribution in [0.5, 0.6) is 0 Å². The molecule has 2 aromatic carbocycles. The summed E-state index contributed by atoms with van der Waals surface area (Å²) in [5.41, 5.74) is 2.66. The van der Waals surface area contributed by atoms with Gasteiger partial charge in [-0.3, -0.25) is 0 Å². The molecule has 4 rings (SSSR count). The van der Waals surface area contributed by atoms with Gasteiger partial charge in [-0.25, -0.2) is 4.98 Å². The first-order valence-corrected chi connectivity index (χ1v) is 8.20. The molecule has 124 valence electrons. The van der Waals surface area contributed by atoms with Crippen LogP contribution in [0.25, 0.3) is 11.2 Å². The molecule has 0 amide bonds.